The molecule has 0 radical (unpaired) electrons. The standard InChI is InChI=1S/C28H40N6O2S2/c1-5-19(3)21-11-15-23(16-12-21)29-27(37)33-31-25(35)9-7-8-10-26(36)32-34-28(38)30-24-17-13-22(14-18-24)20(4)6-2/h11-20H,5-10H2,1-4H3,(H,31,35)(H,32,36)(H2,29,33,37)(H2,30,34,38)/t19-,20-/m1/s1. The Bertz CT molecular complexity index is 975. The van der Waals surface area contributed by atoms with Gasteiger partial charge >= 0.3 is 0 Å². The first-order valence-electron chi connectivity index (χ1n) is 13.1. The van der Waals surface area contributed by atoms with Crippen LogP contribution in [0.15, 0.2) is 48.5 Å². The highest BCUT2D eigenvalue weighted by molar-refractivity contribution is 7.80. The molecule has 6 N–H and O–H groups in total. The number of unbranched alkanes of at least 4 members (excludes halogenated alkanes) is 1. The van der Waals surface area contributed by atoms with E-state index in [0.29, 0.717) is 34.9 Å². The molecule has 38 heavy (non-hydrogen) atoms. The van der Waals surface area contributed by atoms with Crippen molar-refractivity contribution in [2.24, 2.45) is 0 Å². The Balaban J connectivity index is 1.56. The van der Waals surface area contributed by atoms with E-state index in [0.717, 1.165) is 24.2 Å². The van der Waals surface area contributed by atoms with Crippen LogP contribution in [0.5, 0.6) is 0 Å². The van der Waals surface area contributed by atoms with Crippen molar-refractivity contribution in [3.63, 3.8) is 0 Å². The molecule has 0 bridgehead atoms. The average Bonchev–Trinajstić information content (AvgIpc) is 2.93. The minimum absolute atomic E-state index is 0.204. The van der Waals surface area contributed by atoms with Crippen molar-refractivity contribution in [1.82, 2.24) is 21.7 Å². The molecule has 2 atom stereocenters. The van der Waals surface area contributed by atoms with Gasteiger partial charge in [-0.2, -0.15) is 0 Å². The lowest BCUT2D eigenvalue weighted by Gasteiger charge is -2.14. The van der Waals surface area contributed by atoms with Crippen LogP contribution in [0, 0.1) is 0 Å². The quantitative estimate of drug-likeness (QED) is 0.121. The molecule has 206 valence electrons. The summed E-state index contributed by atoms with van der Waals surface area (Å²) in [6.07, 6.45) is 3.83. The Kier molecular flexibility index (Phi) is 13.5. The van der Waals surface area contributed by atoms with Gasteiger partial charge in [0.2, 0.25) is 11.8 Å². The van der Waals surface area contributed by atoms with Crippen molar-refractivity contribution in [1.29, 1.82) is 0 Å². The first-order chi connectivity index (χ1) is 18.2. The Morgan fingerprint density at radius 3 is 1.29 bits per heavy atom. The Labute approximate surface area is 237 Å². The van der Waals surface area contributed by atoms with Gasteiger partial charge in [-0.3, -0.25) is 31.3 Å². The highest BCUT2D eigenvalue weighted by atomic mass is 32.1. The summed E-state index contributed by atoms with van der Waals surface area (Å²) in [7, 11) is 0. The Morgan fingerprint density at radius 2 is 0.974 bits per heavy atom. The third-order valence-corrected chi connectivity index (χ3v) is 6.80. The number of carbonyl (C=O) groups is 2. The maximum atomic E-state index is 12.1. The van der Waals surface area contributed by atoms with E-state index in [9.17, 15) is 9.59 Å². The second-order valence-corrected chi connectivity index (χ2v) is 10.1. The van der Waals surface area contributed by atoms with Gasteiger partial charge in [-0.05, 0) is 97.3 Å². The fourth-order valence-electron chi connectivity index (χ4n) is 3.54. The summed E-state index contributed by atoms with van der Waals surface area (Å²) in [4.78, 5) is 24.1. The maximum absolute atomic E-state index is 12.1. The van der Waals surface area contributed by atoms with E-state index < -0.39 is 0 Å². The summed E-state index contributed by atoms with van der Waals surface area (Å²) in [5.41, 5.74) is 14.8. The molecular formula is C28H40N6O2S2. The van der Waals surface area contributed by atoms with Crippen molar-refractivity contribution < 1.29 is 9.59 Å². The molecule has 8 nitrogen and oxygen atoms in total. The molecule has 2 aromatic rings. The van der Waals surface area contributed by atoms with E-state index >= 15 is 0 Å². The summed E-state index contributed by atoms with van der Waals surface area (Å²) in [6.45, 7) is 8.70. The van der Waals surface area contributed by atoms with E-state index in [1.807, 2.05) is 24.3 Å². The van der Waals surface area contributed by atoms with Crippen LogP contribution in [0.3, 0.4) is 0 Å². The van der Waals surface area contributed by atoms with Gasteiger partial charge in [0.1, 0.15) is 0 Å². The molecule has 10 heteroatoms. The summed E-state index contributed by atoms with van der Waals surface area (Å²) in [6, 6.07) is 16.1. The lowest BCUT2D eigenvalue weighted by Crippen LogP contribution is -2.44. The number of carbonyl (C=O) groups excluding carboxylic acids is 2. The first kappa shape index (κ1) is 31.0. The molecule has 0 aliphatic heterocycles. The molecule has 0 saturated carbocycles. The molecule has 2 aromatic carbocycles. The normalized spacial score (nSPS) is 12.0. The van der Waals surface area contributed by atoms with Crippen LogP contribution in [0.2, 0.25) is 0 Å². The Hall–Kier alpha value is -3.24. The molecule has 0 aromatic heterocycles. The van der Waals surface area contributed by atoms with Gasteiger partial charge in [-0.15, -0.1) is 0 Å². The van der Waals surface area contributed by atoms with Gasteiger partial charge in [0, 0.05) is 24.2 Å². The largest absolute Gasteiger partial charge is 0.331 e. The van der Waals surface area contributed by atoms with Crippen molar-refractivity contribution >= 4 is 57.8 Å². The van der Waals surface area contributed by atoms with E-state index in [-0.39, 0.29) is 24.7 Å². The van der Waals surface area contributed by atoms with Crippen LogP contribution >= 0.6 is 24.4 Å². The highest BCUT2D eigenvalue weighted by Gasteiger charge is 2.07. The number of hydrogen-bond acceptors (Lipinski definition) is 4. The number of rotatable bonds is 11. The van der Waals surface area contributed by atoms with Crippen LogP contribution < -0.4 is 32.3 Å². The molecule has 0 aliphatic rings. The van der Waals surface area contributed by atoms with Crippen molar-refractivity contribution in [2.75, 3.05) is 10.6 Å². The van der Waals surface area contributed by atoms with Gasteiger partial charge < -0.3 is 10.6 Å². The summed E-state index contributed by atoms with van der Waals surface area (Å²) >= 11 is 10.5. The highest BCUT2D eigenvalue weighted by Crippen LogP contribution is 2.21. The van der Waals surface area contributed by atoms with E-state index in [4.69, 9.17) is 24.4 Å². The zero-order valence-corrected chi connectivity index (χ0v) is 24.3. The molecule has 0 fully saturated rings. The maximum Gasteiger partial charge on any atom is 0.238 e. The lowest BCUT2D eigenvalue weighted by atomic mass is 9.99. The van der Waals surface area contributed by atoms with Crippen LogP contribution in [0.1, 0.15) is 89.2 Å². The SMILES string of the molecule is CC[C@@H](C)c1ccc(NC(=S)NNC(=O)CCCCC(=O)NNC(=S)Nc2ccc([C@H](C)CC)cc2)cc1. The molecule has 2 amide bonds. The zero-order valence-electron chi connectivity index (χ0n) is 22.6. The Morgan fingerprint density at radius 1 is 0.632 bits per heavy atom. The third-order valence-electron chi connectivity index (χ3n) is 6.39. The molecule has 0 unspecified atom stereocenters. The summed E-state index contributed by atoms with van der Waals surface area (Å²) < 4.78 is 0. The average molecular weight is 557 g/mol. The predicted molar refractivity (Wildman–Crippen MR) is 164 cm³/mol. The topological polar surface area (TPSA) is 106 Å². The lowest BCUT2D eigenvalue weighted by molar-refractivity contribution is -0.123. The second kappa shape index (κ2) is 16.6. The van der Waals surface area contributed by atoms with E-state index in [1.54, 1.807) is 0 Å². The number of nitrogens with one attached hydrogen (secondary N) is 6. The van der Waals surface area contributed by atoms with Crippen LogP contribution in [0.4, 0.5) is 11.4 Å². The third kappa shape index (κ3) is 11.4. The van der Waals surface area contributed by atoms with Crippen molar-refractivity contribution in [2.45, 2.75) is 78.1 Å². The van der Waals surface area contributed by atoms with Crippen LogP contribution in [0.25, 0.3) is 0 Å². The van der Waals surface area contributed by atoms with Crippen LogP contribution in [-0.2, 0) is 9.59 Å². The zero-order chi connectivity index (χ0) is 27.9. The van der Waals surface area contributed by atoms with Gasteiger partial charge in [0.05, 0.1) is 0 Å². The van der Waals surface area contributed by atoms with E-state index in [2.05, 4.69) is 84.3 Å². The fraction of sp³-hybridized carbons (Fsp3) is 0.429. The number of benzene rings is 2. The van der Waals surface area contributed by atoms with Crippen LogP contribution in [-0.4, -0.2) is 22.0 Å². The number of hydrazine groups is 2. The summed E-state index contributed by atoms with van der Waals surface area (Å²) in [5.74, 6) is 0.607. The monoisotopic (exact) mass is 556 g/mol. The smallest absolute Gasteiger partial charge is 0.238 e. The minimum Gasteiger partial charge on any atom is -0.331 e. The van der Waals surface area contributed by atoms with E-state index in [1.165, 1.54) is 11.1 Å². The van der Waals surface area contributed by atoms with Crippen molar-refractivity contribution in [3.05, 3.63) is 59.7 Å². The first-order valence-corrected chi connectivity index (χ1v) is 13.9. The van der Waals surface area contributed by atoms with Gasteiger partial charge in [0.15, 0.2) is 10.2 Å². The number of amides is 2. The van der Waals surface area contributed by atoms with Gasteiger partial charge in [-0.1, -0.05) is 52.0 Å². The molecular weight excluding hydrogens is 516 g/mol. The summed E-state index contributed by atoms with van der Waals surface area (Å²) in [5, 5.41) is 6.69. The predicted octanol–water partition coefficient (Wildman–Crippen LogP) is 5.61. The molecule has 0 heterocycles. The molecule has 2 rings (SSSR count). The van der Waals surface area contributed by atoms with Crippen molar-refractivity contribution in [3.8, 4) is 0 Å². The van der Waals surface area contributed by atoms with Gasteiger partial charge in [-0.25, -0.2) is 0 Å². The molecule has 0 saturated heterocycles. The molecule has 0 spiro atoms. The number of thiocarbonyl (C=S) groups is 2. The van der Waals surface area contributed by atoms with Gasteiger partial charge in [0.25, 0.3) is 0 Å². The number of anilines is 2. The molecule has 0 aliphatic carbocycles. The number of hydrogen-bond donors (Lipinski definition) is 6. The minimum atomic E-state index is -0.204. The fourth-order valence-corrected chi connectivity index (χ4v) is 3.87. The second-order valence-electron chi connectivity index (χ2n) is 9.32.